The number of carbonyl (C=O) groups excluding carboxylic acids is 1. The Bertz CT molecular complexity index is 1450. The van der Waals surface area contributed by atoms with Gasteiger partial charge in [-0.15, -0.1) is 10.2 Å². The van der Waals surface area contributed by atoms with Crippen molar-refractivity contribution >= 4 is 52.1 Å². The van der Waals surface area contributed by atoms with Gasteiger partial charge in [-0.3, -0.25) is 4.79 Å². The summed E-state index contributed by atoms with van der Waals surface area (Å²) in [5.41, 5.74) is 1.42. The van der Waals surface area contributed by atoms with Gasteiger partial charge in [-0.05, 0) is 66.3 Å². The van der Waals surface area contributed by atoms with Crippen molar-refractivity contribution in [2.75, 3.05) is 25.5 Å². The quantitative estimate of drug-likeness (QED) is 0.166. The number of para-hydroxylation sites is 1. The molecular weight excluding hydrogens is 561 g/mol. The molecule has 0 aliphatic rings. The second-order valence-electron chi connectivity index (χ2n) is 8.13. The summed E-state index contributed by atoms with van der Waals surface area (Å²) in [6.45, 7) is 0.951. The van der Waals surface area contributed by atoms with Crippen molar-refractivity contribution in [3.05, 3.63) is 76.8 Å². The third-order valence-electron chi connectivity index (χ3n) is 5.27. The van der Waals surface area contributed by atoms with E-state index in [0.29, 0.717) is 57.6 Å². The minimum atomic E-state index is -0.242. The van der Waals surface area contributed by atoms with Crippen LogP contribution in [0.3, 0.4) is 0 Å². The molecule has 0 bridgehead atoms. The number of hydrogen-bond donors (Lipinski definition) is 3. The van der Waals surface area contributed by atoms with Crippen LogP contribution >= 0.6 is 35.4 Å². The lowest BCUT2D eigenvalue weighted by Crippen LogP contribution is -2.33. The summed E-state index contributed by atoms with van der Waals surface area (Å²) >= 11 is 17.5. The Kier molecular flexibility index (Phi) is 9.90. The van der Waals surface area contributed by atoms with Crippen molar-refractivity contribution in [1.29, 1.82) is 0 Å². The van der Waals surface area contributed by atoms with E-state index in [9.17, 15) is 4.79 Å². The Balaban J connectivity index is 1.23. The van der Waals surface area contributed by atoms with Crippen LogP contribution in [0.2, 0.25) is 10.0 Å². The van der Waals surface area contributed by atoms with E-state index in [1.807, 2.05) is 36.4 Å². The van der Waals surface area contributed by atoms with Crippen LogP contribution < -0.4 is 25.4 Å². The van der Waals surface area contributed by atoms with Crippen molar-refractivity contribution < 1.29 is 14.3 Å². The Hall–Kier alpha value is -3.93. The molecule has 0 aliphatic heterocycles. The Morgan fingerprint density at radius 3 is 2.64 bits per heavy atom. The number of halogens is 2. The molecule has 0 saturated carbocycles. The van der Waals surface area contributed by atoms with Crippen LogP contribution in [0.15, 0.2) is 66.7 Å². The summed E-state index contributed by atoms with van der Waals surface area (Å²) in [5, 5.41) is 22.8. The zero-order valence-electron chi connectivity index (χ0n) is 20.9. The summed E-state index contributed by atoms with van der Waals surface area (Å²) in [6.07, 6.45) is 0.666. The van der Waals surface area contributed by atoms with Crippen molar-refractivity contribution in [2.45, 2.75) is 13.0 Å². The van der Waals surface area contributed by atoms with Crippen molar-refractivity contribution in [1.82, 2.24) is 30.8 Å². The normalized spacial score (nSPS) is 10.5. The van der Waals surface area contributed by atoms with Gasteiger partial charge < -0.3 is 25.4 Å². The van der Waals surface area contributed by atoms with Crippen LogP contribution in [-0.2, 0) is 11.3 Å². The number of nitrogens with zero attached hydrogens (tertiary/aromatic N) is 4. The number of nitrogens with one attached hydrogen (secondary N) is 3. The van der Waals surface area contributed by atoms with Crippen LogP contribution in [-0.4, -0.2) is 51.4 Å². The van der Waals surface area contributed by atoms with Gasteiger partial charge in [-0.25, -0.2) is 0 Å². The maximum Gasteiger partial charge on any atom is 0.243 e. The van der Waals surface area contributed by atoms with E-state index in [2.05, 4.69) is 31.4 Å². The molecule has 0 aliphatic carbocycles. The molecule has 1 heterocycles. The Morgan fingerprint density at radius 2 is 1.82 bits per heavy atom. The number of tetrazole rings is 1. The lowest BCUT2D eigenvalue weighted by atomic mass is 10.2. The molecule has 0 radical (unpaired) electrons. The van der Waals surface area contributed by atoms with Crippen molar-refractivity contribution in [3.8, 4) is 28.6 Å². The monoisotopic (exact) mass is 585 g/mol. The van der Waals surface area contributed by atoms with Crippen molar-refractivity contribution in [3.63, 3.8) is 0 Å². The largest absolute Gasteiger partial charge is 0.497 e. The highest BCUT2D eigenvalue weighted by molar-refractivity contribution is 7.80. The molecular formula is C26H25Cl2N7O3S. The molecule has 4 aromatic rings. The van der Waals surface area contributed by atoms with Gasteiger partial charge in [0.15, 0.2) is 5.11 Å². The number of anilines is 1. The zero-order chi connectivity index (χ0) is 27.6. The average molecular weight is 587 g/mol. The standard InChI is InChI=1S/C26H25Cl2N7O3S/c1-37-19-7-4-6-18(15-19)31-26(39)30-13-5-12-29-24(36)16-35-33-25(32-34-35)20-8-2-3-9-22(20)38-23-11-10-17(27)14-21(23)28/h2-4,6-11,14-15H,5,12-13,16H2,1H3,(H,29,36)(H2,30,31,39). The fraction of sp³-hybridized carbons (Fsp3) is 0.192. The van der Waals surface area contributed by atoms with E-state index in [1.54, 1.807) is 37.4 Å². The maximum atomic E-state index is 12.4. The van der Waals surface area contributed by atoms with E-state index in [-0.39, 0.29) is 12.5 Å². The Labute approximate surface area is 240 Å². The number of ether oxygens (including phenoxy) is 2. The number of benzene rings is 3. The van der Waals surface area contributed by atoms with E-state index in [4.69, 9.17) is 44.9 Å². The lowest BCUT2D eigenvalue weighted by molar-refractivity contribution is -0.122. The van der Waals surface area contributed by atoms with Gasteiger partial charge in [0.05, 0.1) is 17.7 Å². The lowest BCUT2D eigenvalue weighted by Gasteiger charge is -2.11. The molecule has 1 amide bonds. The SMILES string of the molecule is COc1cccc(NC(=S)NCCCNC(=O)Cn2nnc(-c3ccccc3Oc3ccc(Cl)cc3Cl)n2)c1. The molecule has 3 aromatic carbocycles. The molecule has 39 heavy (non-hydrogen) atoms. The highest BCUT2D eigenvalue weighted by atomic mass is 35.5. The molecule has 202 valence electrons. The van der Waals surface area contributed by atoms with Gasteiger partial charge in [0, 0.05) is 29.9 Å². The Morgan fingerprint density at radius 1 is 1.00 bits per heavy atom. The molecule has 0 fully saturated rings. The van der Waals surface area contributed by atoms with Crippen LogP contribution in [0.4, 0.5) is 5.69 Å². The number of methoxy groups -OCH3 is 1. The second kappa shape index (κ2) is 13.7. The summed E-state index contributed by atoms with van der Waals surface area (Å²) in [7, 11) is 1.61. The third kappa shape index (κ3) is 8.28. The van der Waals surface area contributed by atoms with Crippen LogP contribution in [0.25, 0.3) is 11.4 Å². The van der Waals surface area contributed by atoms with Crippen LogP contribution in [0.5, 0.6) is 17.2 Å². The topological polar surface area (TPSA) is 115 Å². The fourth-order valence-corrected chi connectivity index (χ4v) is 4.08. The van der Waals surface area contributed by atoms with Gasteiger partial charge >= 0.3 is 0 Å². The highest BCUT2D eigenvalue weighted by Crippen LogP contribution is 2.35. The number of hydrogen-bond acceptors (Lipinski definition) is 7. The molecule has 10 nitrogen and oxygen atoms in total. The summed E-state index contributed by atoms with van der Waals surface area (Å²) < 4.78 is 11.2. The maximum absolute atomic E-state index is 12.4. The number of amides is 1. The van der Waals surface area contributed by atoms with Gasteiger partial charge in [0.25, 0.3) is 0 Å². The number of aromatic nitrogens is 4. The van der Waals surface area contributed by atoms with Gasteiger partial charge in [-0.1, -0.05) is 41.4 Å². The first-order valence-electron chi connectivity index (χ1n) is 11.9. The first-order chi connectivity index (χ1) is 18.9. The van der Waals surface area contributed by atoms with Crippen LogP contribution in [0, 0.1) is 0 Å². The number of carbonyl (C=O) groups is 1. The molecule has 0 saturated heterocycles. The third-order valence-corrected chi connectivity index (χ3v) is 6.05. The van der Waals surface area contributed by atoms with Gasteiger partial charge in [0.1, 0.15) is 23.8 Å². The predicted molar refractivity (Wildman–Crippen MR) is 155 cm³/mol. The van der Waals surface area contributed by atoms with E-state index < -0.39 is 0 Å². The summed E-state index contributed by atoms with van der Waals surface area (Å²) in [4.78, 5) is 13.6. The van der Waals surface area contributed by atoms with Crippen LogP contribution in [0.1, 0.15) is 6.42 Å². The average Bonchev–Trinajstić information content (AvgIpc) is 3.38. The number of thiocarbonyl (C=S) groups is 1. The molecule has 4 rings (SSSR count). The summed E-state index contributed by atoms with van der Waals surface area (Å²) in [6, 6.07) is 19.6. The van der Waals surface area contributed by atoms with Crippen molar-refractivity contribution in [2.24, 2.45) is 0 Å². The molecule has 0 spiro atoms. The smallest absolute Gasteiger partial charge is 0.243 e. The highest BCUT2D eigenvalue weighted by Gasteiger charge is 2.15. The zero-order valence-corrected chi connectivity index (χ0v) is 23.2. The molecule has 0 unspecified atom stereocenters. The summed E-state index contributed by atoms with van der Waals surface area (Å²) in [5.74, 6) is 1.72. The van der Waals surface area contributed by atoms with Gasteiger partial charge in [-0.2, -0.15) is 4.80 Å². The molecule has 3 N–H and O–H groups in total. The predicted octanol–water partition coefficient (Wildman–Crippen LogP) is 4.94. The number of rotatable bonds is 11. The first-order valence-corrected chi connectivity index (χ1v) is 13.0. The van der Waals surface area contributed by atoms with E-state index in [1.165, 1.54) is 4.80 Å². The minimum Gasteiger partial charge on any atom is -0.497 e. The van der Waals surface area contributed by atoms with E-state index in [0.717, 1.165) is 11.4 Å². The molecule has 0 atom stereocenters. The minimum absolute atomic E-state index is 0.0811. The first kappa shape index (κ1) is 28.1. The molecule has 1 aromatic heterocycles. The van der Waals surface area contributed by atoms with E-state index >= 15 is 0 Å². The fourth-order valence-electron chi connectivity index (χ4n) is 3.41. The molecule has 13 heteroatoms. The van der Waals surface area contributed by atoms with Gasteiger partial charge in [0.2, 0.25) is 11.7 Å². The second-order valence-corrected chi connectivity index (χ2v) is 9.38.